The van der Waals surface area contributed by atoms with Gasteiger partial charge in [-0.15, -0.1) is 13.2 Å². The van der Waals surface area contributed by atoms with E-state index in [1.807, 2.05) is 5.32 Å². The molecule has 1 saturated heterocycles. The van der Waals surface area contributed by atoms with Crippen LogP contribution in [0.2, 0.25) is 0 Å². The fourth-order valence-electron chi connectivity index (χ4n) is 3.54. The molecule has 0 radical (unpaired) electrons. The van der Waals surface area contributed by atoms with E-state index in [0.717, 1.165) is 12.1 Å². The zero-order valence-corrected chi connectivity index (χ0v) is 15.7. The van der Waals surface area contributed by atoms with Gasteiger partial charge in [-0.05, 0) is 43.4 Å². The zero-order chi connectivity index (χ0) is 21.4. The van der Waals surface area contributed by atoms with Crippen LogP contribution in [-0.4, -0.2) is 47.2 Å². The minimum Gasteiger partial charge on any atom is -0.406 e. The third-order valence-electron chi connectivity index (χ3n) is 5.06. The van der Waals surface area contributed by atoms with E-state index >= 15 is 0 Å². The minimum atomic E-state index is -4.82. The SMILES string of the molecule is O=C(NC(=O)[C@@H]1CCCN1C(=O)C1(c2ccc(OC(F)(F)F)cc2)CC1)[C@@H](F)Cl. The Kier molecular flexibility index (Phi) is 5.75. The lowest BCUT2D eigenvalue weighted by Crippen LogP contribution is -2.51. The molecule has 11 heteroatoms. The number of hydrogen-bond acceptors (Lipinski definition) is 4. The number of benzene rings is 1. The molecule has 3 rings (SSSR count). The Morgan fingerprint density at radius 1 is 1.21 bits per heavy atom. The Morgan fingerprint density at radius 3 is 2.34 bits per heavy atom. The summed E-state index contributed by atoms with van der Waals surface area (Å²) in [7, 11) is 0. The van der Waals surface area contributed by atoms with Crippen LogP contribution in [0.4, 0.5) is 17.6 Å². The maximum atomic E-state index is 13.1. The summed E-state index contributed by atoms with van der Waals surface area (Å²) < 4.78 is 53.5. The molecule has 1 heterocycles. The molecule has 1 N–H and O–H groups in total. The molecule has 6 nitrogen and oxygen atoms in total. The third kappa shape index (κ3) is 4.63. The van der Waals surface area contributed by atoms with E-state index in [9.17, 15) is 31.9 Å². The number of carbonyl (C=O) groups excluding carboxylic acids is 3. The summed E-state index contributed by atoms with van der Waals surface area (Å²) in [5.74, 6) is -2.86. The molecule has 1 aromatic carbocycles. The molecule has 29 heavy (non-hydrogen) atoms. The molecule has 1 aromatic rings. The van der Waals surface area contributed by atoms with E-state index in [1.54, 1.807) is 0 Å². The van der Waals surface area contributed by atoms with Crippen molar-refractivity contribution in [1.29, 1.82) is 0 Å². The molecule has 1 saturated carbocycles. The Morgan fingerprint density at radius 2 is 1.83 bits per heavy atom. The van der Waals surface area contributed by atoms with Gasteiger partial charge >= 0.3 is 6.36 Å². The van der Waals surface area contributed by atoms with Gasteiger partial charge in [0.05, 0.1) is 5.41 Å². The summed E-state index contributed by atoms with van der Waals surface area (Å²) in [5, 5.41) is 1.85. The number of halogens is 5. The molecule has 2 atom stereocenters. The number of nitrogens with one attached hydrogen (secondary N) is 1. The monoisotopic (exact) mass is 436 g/mol. The number of imide groups is 1. The number of nitrogens with zero attached hydrogens (tertiary/aromatic N) is 1. The Hall–Kier alpha value is -2.36. The number of carbonyl (C=O) groups is 3. The van der Waals surface area contributed by atoms with Gasteiger partial charge in [0.1, 0.15) is 11.8 Å². The number of ether oxygens (including phenoxy) is 1. The van der Waals surface area contributed by atoms with Gasteiger partial charge in [0, 0.05) is 6.54 Å². The summed E-state index contributed by atoms with van der Waals surface area (Å²) in [5.41, 5.74) is -2.79. The summed E-state index contributed by atoms with van der Waals surface area (Å²) in [4.78, 5) is 38.0. The van der Waals surface area contributed by atoms with Crippen LogP contribution in [0, 0.1) is 0 Å². The van der Waals surface area contributed by atoms with E-state index in [2.05, 4.69) is 4.74 Å². The standard InChI is InChI=1S/C18H17ClF4N2O4/c19-13(20)15(27)24-14(26)12-2-1-9-25(12)16(28)17(7-8-17)10-3-5-11(6-4-10)29-18(21,22)23/h3-6,12-13H,1-2,7-9H2,(H,24,26,27)/t12-,13+/m0/s1. The van der Waals surface area contributed by atoms with Gasteiger partial charge < -0.3 is 9.64 Å². The predicted octanol–water partition coefficient (Wildman–Crippen LogP) is 2.79. The zero-order valence-electron chi connectivity index (χ0n) is 15.0. The van der Waals surface area contributed by atoms with Crippen molar-refractivity contribution in [3.05, 3.63) is 29.8 Å². The quantitative estimate of drug-likeness (QED) is 0.569. The first kappa shape index (κ1) is 21.4. The summed E-state index contributed by atoms with van der Waals surface area (Å²) in [6, 6.07) is 4.10. The molecular weight excluding hydrogens is 420 g/mol. The molecule has 0 aromatic heterocycles. The average molecular weight is 437 g/mol. The second-order valence-electron chi connectivity index (χ2n) is 6.97. The smallest absolute Gasteiger partial charge is 0.406 e. The van der Waals surface area contributed by atoms with Crippen LogP contribution in [0.5, 0.6) is 5.75 Å². The molecular formula is C18H17ClF4N2O4. The van der Waals surface area contributed by atoms with Crippen LogP contribution >= 0.6 is 11.6 Å². The number of amides is 3. The normalized spacial score (nSPS) is 21.4. The number of rotatable bonds is 5. The van der Waals surface area contributed by atoms with E-state index in [4.69, 9.17) is 11.6 Å². The van der Waals surface area contributed by atoms with E-state index < -0.39 is 41.0 Å². The maximum Gasteiger partial charge on any atom is 0.573 e. The largest absolute Gasteiger partial charge is 0.573 e. The van der Waals surface area contributed by atoms with Crippen LogP contribution in [0.1, 0.15) is 31.2 Å². The molecule has 2 fully saturated rings. The van der Waals surface area contributed by atoms with Crippen molar-refractivity contribution < 1.29 is 36.7 Å². The van der Waals surface area contributed by atoms with Crippen molar-refractivity contribution in [1.82, 2.24) is 10.2 Å². The third-order valence-corrected chi connectivity index (χ3v) is 5.26. The number of alkyl halides is 5. The lowest BCUT2D eigenvalue weighted by molar-refractivity contribution is -0.274. The minimum absolute atomic E-state index is 0.280. The van der Waals surface area contributed by atoms with E-state index in [0.29, 0.717) is 31.2 Å². The molecule has 3 amide bonds. The molecule has 158 valence electrons. The maximum absolute atomic E-state index is 13.1. The second-order valence-corrected chi connectivity index (χ2v) is 7.35. The van der Waals surface area contributed by atoms with Crippen molar-refractivity contribution in [2.24, 2.45) is 0 Å². The first-order chi connectivity index (χ1) is 13.5. The molecule has 0 bridgehead atoms. The Labute approximate surface area is 168 Å². The molecule has 0 unspecified atom stereocenters. The van der Waals surface area contributed by atoms with Gasteiger partial charge in [0.15, 0.2) is 0 Å². The molecule has 2 aliphatic rings. The second kappa shape index (κ2) is 7.81. The van der Waals surface area contributed by atoms with Crippen molar-refractivity contribution in [2.75, 3.05) is 6.54 Å². The predicted molar refractivity (Wildman–Crippen MR) is 92.7 cm³/mol. The van der Waals surface area contributed by atoms with Gasteiger partial charge in [-0.2, -0.15) is 0 Å². The number of likely N-dealkylation sites (tertiary alicyclic amines) is 1. The highest BCUT2D eigenvalue weighted by atomic mass is 35.5. The van der Waals surface area contributed by atoms with Crippen LogP contribution < -0.4 is 10.1 Å². The van der Waals surface area contributed by atoms with Crippen molar-refractivity contribution in [3.8, 4) is 5.75 Å². The van der Waals surface area contributed by atoms with Crippen LogP contribution in [-0.2, 0) is 19.8 Å². The van der Waals surface area contributed by atoms with Crippen molar-refractivity contribution >= 4 is 29.3 Å². The van der Waals surface area contributed by atoms with E-state index in [1.165, 1.54) is 17.0 Å². The average Bonchev–Trinajstić information content (AvgIpc) is 3.29. The highest BCUT2D eigenvalue weighted by Gasteiger charge is 2.55. The molecule has 1 aliphatic carbocycles. The summed E-state index contributed by atoms with van der Waals surface area (Å²) in [6.07, 6.45) is -3.04. The lowest BCUT2D eigenvalue weighted by Gasteiger charge is -2.28. The topological polar surface area (TPSA) is 75.7 Å². The van der Waals surface area contributed by atoms with Crippen molar-refractivity contribution in [2.45, 2.75) is 49.1 Å². The van der Waals surface area contributed by atoms with E-state index in [-0.39, 0.29) is 12.5 Å². The summed E-state index contributed by atoms with van der Waals surface area (Å²) in [6.45, 7) is 0.280. The van der Waals surface area contributed by atoms with Crippen LogP contribution in [0.15, 0.2) is 24.3 Å². The number of hydrogen-bond donors (Lipinski definition) is 1. The van der Waals surface area contributed by atoms with Crippen molar-refractivity contribution in [3.63, 3.8) is 0 Å². The lowest BCUT2D eigenvalue weighted by atomic mass is 9.93. The highest BCUT2D eigenvalue weighted by Crippen LogP contribution is 2.50. The van der Waals surface area contributed by atoms with Gasteiger partial charge in [-0.25, -0.2) is 4.39 Å². The van der Waals surface area contributed by atoms with Crippen LogP contribution in [0.3, 0.4) is 0 Å². The summed E-state index contributed by atoms with van der Waals surface area (Å²) >= 11 is 5.00. The Bertz CT molecular complexity index is 809. The highest BCUT2D eigenvalue weighted by molar-refractivity contribution is 6.30. The van der Waals surface area contributed by atoms with Gasteiger partial charge in [-0.3, -0.25) is 19.7 Å². The fourth-order valence-corrected chi connectivity index (χ4v) is 3.60. The van der Waals surface area contributed by atoms with Gasteiger partial charge in [0.2, 0.25) is 11.8 Å². The van der Waals surface area contributed by atoms with Crippen LogP contribution in [0.25, 0.3) is 0 Å². The Balaban J connectivity index is 1.73. The first-order valence-corrected chi connectivity index (χ1v) is 9.27. The molecule has 1 aliphatic heterocycles. The first-order valence-electron chi connectivity index (χ1n) is 8.84. The molecule has 0 spiro atoms. The fraction of sp³-hybridized carbons (Fsp3) is 0.500. The van der Waals surface area contributed by atoms with Gasteiger partial charge in [0.25, 0.3) is 11.5 Å². The van der Waals surface area contributed by atoms with Gasteiger partial charge in [-0.1, -0.05) is 23.7 Å².